The van der Waals surface area contributed by atoms with Crippen molar-refractivity contribution in [2.75, 3.05) is 5.73 Å². The van der Waals surface area contributed by atoms with E-state index >= 15 is 0 Å². The zero-order valence-corrected chi connectivity index (χ0v) is 12.6. The van der Waals surface area contributed by atoms with E-state index in [1.54, 1.807) is 11.3 Å². The Hall–Kier alpha value is -1.64. The van der Waals surface area contributed by atoms with Crippen molar-refractivity contribution in [3.05, 3.63) is 44.6 Å². The monoisotopic (exact) mass is 322 g/mol. The second kappa shape index (κ2) is 5.39. The number of thiazole rings is 1. The van der Waals surface area contributed by atoms with Crippen LogP contribution in [0, 0.1) is 3.95 Å². The number of nitrogens with one attached hydrogen (secondary N) is 1. The molecule has 0 aliphatic carbocycles. The minimum Gasteiger partial charge on any atom is -0.383 e. The summed E-state index contributed by atoms with van der Waals surface area (Å²) in [6.45, 7) is 0. The summed E-state index contributed by atoms with van der Waals surface area (Å²) < 4.78 is 3.96. The first-order valence-corrected chi connectivity index (χ1v) is 7.92. The molecule has 0 atom stereocenters. The molecule has 0 aliphatic heterocycles. The number of hydrogen-bond acceptors (Lipinski definition) is 6. The van der Waals surface area contributed by atoms with Gasteiger partial charge in [-0.3, -0.25) is 4.79 Å². The molecule has 3 rings (SSSR count). The van der Waals surface area contributed by atoms with Crippen LogP contribution in [0.4, 0.5) is 5.82 Å². The molecule has 8 heteroatoms. The van der Waals surface area contributed by atoms with Crippen LogP contribution in [0.1, 0.15) is 0 Å². The number of nitrogens with two attached hydrogens (primary N) is 1. The molecule has 0 saturated heterocycles. The minimum atomic E-state index is -0.251. The zero-order valence-electron chi connectivity index (χ0n) is 10.2. The van der Waals surface area contributed by atoms with Crippen molar-refractivity contribution in [2.45, 2.75) is 11.0 Å². The van der Waals surface area contributed by atoms with Crippen molar-refractivity contribution in [1.82, 2.24) is 14.5 Å². The number of aromatic nitrogens is 3. The van der Waals surface area contributed by atoms with Gasteiger partial charge in [0, 0.05) is 6.07 Å². The van der Waals surface area contributed by atoms with Crippen molar-refractivity contribution in [3.63, 3.8) is 0 Å². The summed E-state index contributed by atoms with van der Waals surface area (Å²) in [6.07, 6.45) is 0. The van der Waals surface area contributed by atoms with E-state index in [1.807, 2.05) is 28.8 Å². The average molecular weight is 322 g/mol. The molecule has 0 unspecified atom stereocenters. The quantitative estimate of drug-likeness (QED) is 0.440. The van der Waals surface area contributed by atoms with E-state index in [0.29, 0.717) is 11.0 Å². The Morgan fingerprint density at radius 1 is 1.45 bits per heavy atom. The summed E-state index contributed by atoms with van der Waals surface area (Å²) in [7, 11) is 0. The number of anilines is 1. The Bertz CT molecular complexity index is 880. The van der Waals surface area contributed by atoms with Gasteiger partial charge in [-0.25, -0.2) is 4.98 Å². The van der Waals surface area contributed by atoms with Gasteiger partial charge >= 0.3 is 0 Å². The lowest BCUT2D eigenvalue weighted by atomic mass is 10.3. The maximum atomic E-state index is 11.3. The second-order valence-corrected chi connectivity index (χ2v) is 6.62. The summed E-state index contributed by atoms with van der Waals surface area (Å²) >= 11 is 8.33. The minimum absolute atomic E-state index is 0.218. The molecular weight excluding hydrogens is 312 g/mol. The zero-order chi connectivity index (χ0) is 14.1. The second-order valence-electron chi connectivity index (χ2n) is 4.01. The topological polar surface area (TPSA) is 76.7 Å². The number of fused-ring (bicyclic) bond motifs is 1. The van der Waals surface area contributed by atoms with Crippen LogP contribution in [0.5, 0.6) is 0 Å². The van der Waals surface area contributed by atoms with Crippen molar-refractivity contribution < 1.29 is 0 Å². The maximum absolute atomic E-state index is 11.3. The largest absolute Gasteiger partial charge is 0.383 e. The Morgan fingerprint density at radius 2 is 2.25 bits per heavy atom. The number of para-hydroxylation sites is 1. The molecule has 0 aliphatic rings. The number of thioether (sulfide) groups is 1. The molecule has 2 aromatic heterocycles. The van der Waals surface area contributed by atoms with Gasteiger partial charge in [0.1, 0.15) is 5.82 Å². The third-order valence-electron chi connectivity index (χ3n) is 2.64. The standard InChI is InChI=1S/C12H10N4OS3/c13-9-5-10(17)15-11(14-9)19-6-16-7-3-1-2-4-8(7)20-12(16)18/h1-5H,6H2,(H3,13,14,15,17). The fourth-order valence-corrected chi connectivity index (χ4v) is 4.13. The van der Waals surface area contributed by atoms with Gasteiger partial charge in [0.25, 0.3) is 5.56 Å². The van der Waals surface area contributed by atoms with Crippen LogP contribution in [-0.4, -0.2) is 14.5 Å². The molecule has 0 saturated carbocycles. The normalized spacial score (nSPS) is 11.0. The Balaban J connectivity index is 1.92. The number of rotatable bonds is 3. The molecule has 0 fully saturated rings. The molecular formula is C12H10N4OS3. The summed E-state index contributed by atoms with van der Waals surface area (Å²) in [6, 6.07) is 9.29. The summed E-state index contributed by atoms with van der Waals surface area (Å²) in [5.74, 6) is 0.796. The highest BCUT2D eigenvalue weighted by atomic mass is 32.2. The highest BCUT2D eigenvalue weighted by molar-refractivity contribution is 7.98. The SMILES string of the molecule is Nc1cc(=O)[nH]c(SCn2c(=S)sc3ccccc32)n1. The van der Waals surface area contributed by atoms with Crippen molar-refractivity contribution in [2.24, 2.45) is 0 Å². The van der Waals surface area contributed by atoms with Crippen molar-refractivity contribution in [1.29, 1.82) is 0 Å². The fraction of sp³-hybridized carbons (Fsp3) is 0.0833. The van der Waals surface area contributed by atoms with Crippen LogP contribution >= 0.6 is 35.3 Å². The van der Waals surface area contributed by atoms with Crippen LogP contribution in [0.25, 0.3) is 10.2 Å². The van der Waals surface area contributed by atoms with E-state index in [0.717, 1.165) is 14.2 Å². The van der Waals surface area contributed by atoms with Crippen molar-refractivity contribution >= 4 is 51.4 Å². The smallest absolute Gasteiger partial charge is 0.253 e. The van der Waals surface area contributed by atoms with Gasteiger partial charge in [-0.05, 0) is 24.4 Å². The Morgan fingerprint density at radius 3 is 3.05 bits per heavy atom. The Labute approximate surface area is 127 Å². The predicted octanol–water partition coefficient (Wildman–Crippen LogP) is 2.85. The van der Waals surface area contributed by atoms with Crippen LogP contribution < -0.4 is 11.3 Å². The molecule has 0 bridgehead atoms. The van der Waals surface area contributed by atoms with E-state index in [9.17, 15) is 4.79 Å². The average Bonchev–Trinajstić information content (AvgIpc) is 2.71. The van der Waals surface area contributed by atoms with Gasteiger partial charge in [-0.1, -0.05) is 23.9 Å². The third-order valence-corrected chi connectivity index (χ3v) is 4.93. The van der Waals surface area contributed by atoms with Gasteiger partial charge in [0.15, 0.2) is 9.11 Å². The lowest BCUT2D eigenvalue weighted by Gasteiger charge is -2.04. The lowest BCUT2D eigenvalue weighted by Crippen LogP contribution is -2.09. The molecule has 20 heavy (non-hydrogen) atoms. The summed E-state index contributed by atoms with van der Waals surface area (Å²) in [4.78, 5) is 18.1. The number of benzene rings is 1. The first-order valence-electron chi connectivity index (χ1n) is 5.71. The van der Waals surface area contributed by atoms with E-state index < -0.39 is 0 Å². The number of hydrogen-bond donors (Lipinski definition) is 2. The van der Waals surface area contributed by atoms with Gasteiger partial charge in [0.2, 0.25) is 0 Å². The molecule has 5 nitrogen and oxygen atoms in total. The first kappa shape index (κ1) is 13.3. The maximum Gasteiger partial charge on any atom is 0.253 e. The predicted molar refractivity (Wildman–Crippen MR) is 85.8 cm³/mol. The molecule has 3 aromatic rings. The number of aromatic amines is 1. The van der Waals surface area contributed by atoms with Crippen LogP contribution in [0.2, 0.25) is 0 Å². The van der Waals surface area contributed by atoms with E-state index in [2.05, 4.69) is 9.97 Å². The number of nitrogens with zero attached hydrogens (tertiary/aromatic N) is 2. The van der Waals surface area contributed by atoms with Gasteiger partial charge in [-0.15, -0.1) is 11.3 Å². The molecule has 0 spiro atoms. The molecule has 0 amide bonds. The lowest BCUT2D eigenvalue weighted by molar-refractivity contribution is 0.902. The molecule has 2 heterocycles. The Kier molecular flexibility index (Phi) is 3.60. The third kappa shape index (κ3) is 2.62. The van der Waals surface area contributed by atoms with Gasteiger partial charge < -0.3 is 15.3 Å². The van der Waals surface area contributed by atoms with E-state index in [1.165, 1.54) is 17.8 Å². The number of nitrogen functional groups attached to an aromatic ring is 1. The first-order chi connectivity index (χ1) is 9.63. The van der Waals surface area contributed by atoms with Crippen LogP contribution in [0.15, 0.2) is 40.3 Å². The van der Waals surface area contributed by atoms with Crippen LogP contribution in [-0.2, 0) is 5.88 Å². The summed E-state index contributed by atoms with van der Waals surface area (Å²) in [5.41, 5.74) is 6.39. The van der Waals surface area contributed by atoms with Gasteiger partial charge in [0.05, 0.1) is 16.1 Å². The molecule has 102 valence electrons. The fourth-order valence-electron chi connectivity index (χ4n) is 1.78. The molecule has 0 radical (unpaired) electrons. The van der Waals surface area contributed by atoms with Crippen LogP contribution in [0.3, 0.4) is 0 Å². The van der Waals surface area contributed by atoms with Gasteiger partial charge in [-0.2, -0.15) is 0 Å². The molecule has 1 aromatic carbocycles. The van der Waals surface area contributed by atoms with E-state index in [4.69, 9.17) is 18.0 Å². The van der Waals surface area contributed by atoms with E-state index in [-0.39, 0.29) is 11.4 Å². The summed E-state index contributed by atoms with van der Waals surface area (Å²) in [5, 5.41) is 0.493. The highest BCUT2D eigenvalue weighted by Crippen LogP contribution is 2.26. The number of H-pyrrole nitrogens is 1. The molecule has 3 N–H and O–H groups in total. The highest BCUT2D eigenvalue weighted by Gasteiger charge is 2.06. The van der Waals surface area contributed by atoms with Crippen molar-refractivity contribution in [3.8, 4) is 0 Å².